The van der Waals surface area contributed by atoms with E-state index in [0.717, 1.165) is 19.4 Å². The first kappa shape index (κ1) is 18.7. The number of benzene rings is 1. The molecule has 0 radical (unpaired) electrons. The molecule has 3 N–H and O–H groups in total. The molecule has 2 atom stereocenters. The summed E-state index contributed by atoms with van der Waals surface area (Å²) < 4.78 is 0. The topological polar surface area (TPSA) is 70.2 Å². The van der Waals surface area contributed by atoms with E-state index in [9.17, 15) is 9.59 Å². The smallest absolute Gasteiger partial charge is 0.253 e. The molecule has 1 aromatic carbocycles. The number of rotatable bonds is 3. The Bertz CT molecular complexity index is 552. The average molecular weight is 346 g/mol. The SMILES string of the molecule is CNC(=O)c1cc(Cl)ccc1NC(=O)[C@H]1CCN[C@@H](C)C1.Cl. The molecule has 1 aliphatic heterocycles. The summed E-state index contributed by atoms with van der Waals surface area (Å²) in [6.45, 7) is 2.90. The van der Waals surface area contributed by atoms with Crippen molar-refractivity contribution < 1.29 is 9.59 Å². The summed E-state index contributed by atoms with van der Waals surface area (Å²) in [5.41, 5.74) is 0.871. The van der Waals surface area contributed by atoms with E-state index in [0.29, 0.717) is 22.3 Å². The fourth-order valence-corrected chi connectivity index (χ4v) is 2.72. The largest absolute Gasteiger partial charge is 0.355 e. The van der Waals surface area contributed by atoms with Gasteiger partial charge in [-0.3, -0.25) is 9.59 Å². The first-order valence-corrected chi connectivity index (χ1v) is 7.45. The molecule has 22 heavy (non-hydrogen) atoms. The van der Waals surface area contributed by atoms with Gasteiger partial charge in [0, 0.05) is 24.0 Å². The molecular weight excluding hydrogens is 325 g/mol. The molecule has 5 nitrogen and oxygen atoms in total. The van der Waals surface area contributed by atoms with Crippen molar-refractivity contribution in [3.8, 4) is 0 Å². The van der Waals surface area contributed by atoms with E-state index in [1.54, 1.807) is 25.2 Å². The number of piperidine rings is 1. The van der Waals surface area contributed by atoms with Crippen LogP contribution in [0.5, 0.6) is 0 Å². The minimum Gasteiger partial charge on any atom is -0.355 e. The van der Waals surface area contributed by atoms with Gasteiger partial charge in [0.1, 0.15) is 0 Å². The van der Waals surface area contributed by atoms with Crippen molar-refractivity contribution in [1.82, 2.24) is 10.6 Å². The van der Waals surface area contributed by atoms with Crippen LogP contribution in [0, 0.1) is 5.92 Å². The standard InChI is InChI=1S/C15H20ClN3O2.ClH/c1-9-7-10(5-6-18-9)14(20)19-13-4-3-11(16)8-12(13)15(21)17-2;/h3-4,8-10,18H,5-7H2,1-2H3,(H,17,21)(H,19,20);1H/t9-,10-;/m0./s1. The quantitative estimate of drug-likeness (QED) is 0.787. The van der Waals surface area contributed by atoms with Gasteiger partial charge in [0.25, 0.3) is 5.91 Å². The Balaban J connectivity index is 0.00000242. The van der Waals surface area contributed by atoms with E-state index < -0.39 is 0 Å². The Morgan fingerprint density at radius 3 is 2.73 bits per heavy atom. The van der Waals surface area contributed by atoms with Crippen LogP contribution in [0.4, 0.5) is 5.69 Å². The van der Waals surface area contributed by atoms with E-state index in [4.69, 9.17) is 11.6 Å². The highest BCUT2D eigenvalue weighted by molar-refractivity contribution is 6.31. The second-order valence-corrected chi connectivity index (χ2v) is 5.77. The number of amides is 2. The van der Waals surface area contributed by atoms with E-state index >= 15 is 0 Å². The molecule has 1 fully saturated rings. The number of hydrogen-bond donors (Lipinski definition) is 3. The highest BCUT2D eigenvalue weighted by Crippen LogP contribution is 2.23. The number of anilines is 1. The van der Waals surface area contributed by atoms with Gasteiger partial charge in [0.2, 0.25) is 5.91 Å². The van der Waals surface area contributed by atoms with Gasteiger partial charge in [0.05, 0.1) is 11.3 Å². The highest BCUT2D eigenvalue weighted by Gasteiger charge is 2.25. The third kappa shape index (κ3) is 4.60. The van der Waals surface area contributed by atoms with Crippen LogP contribution in [-0.4, -0.2) is 31.4 Å². The highest BCUT2D eigenvalue weighted by atomic mass is 35.5. The molecule has 0 aliphatic carbocycles. The lowest BCUT2D eigenvalue weighted by molar-refractivity contribution is -0.120. The number of carbonyl (C=O) groups excluding carboxylic acids is 2. The summed E-state index contributed by atoms with van der Waals surface area (Å²) in [7, 11) is 1.54. The molecule has 0 spiro atoms. The fourth-order valence-electron chi connectivity index (χ4n) is 2.55. The summed E-state index contributed by atoms with van der Waals surface area (Å²) in [4.78, 5) is 24.2. The Labute approximate surface area is 141 Å². The maximum atomic E-state index is 12.4. The summed E-state index contributed by atoms with van der Waals surface area (Å²) in [5, 5.41) is 9.18. The first-order chi connectivity index (χ1) is 10.0. The van der Waals surface area contributed by atoms with Crippen molar-refractivity contribution in [2.75, 3.05) is 18.9 Å². The van der Waals surface area contributed by atoms with Gasteiger partial charge in [-0.25, -0.2) is 0 Å². The molecule has 2 rings (SSSR count). The number of carbonyl (C=O) groups is 2. The van der Waals surface area contributed by atoms with Crippen LogP contribution in [0.1, 0.15) is 30.1 Å². The van der Waals surface area contributed by atoms with Crippen molar-refractivity contribution in [3.05, 3.63) is 28.8 Å². The second-order valence-electron chi connectivity index (χ2n) is 5.33. The molecule has 0 saturated carbocycles. The molecule has 7 heteroatoms. The lowest BCUT2D eigenvalue weighted by Crippen LogP contribution is -2.40. The van der Waals surface area contributed by atoms with Crippen LogP contribution < -0.4 is 16.0 Å². The van der Waals surface area contributed by atoms with Crippen LogP contribution >= 0.6 is 24.0 Å². The van der Waals surface area contributed by atoms with Crippen LogP contribution in [0.3, 0.4) is 0 Å². The van der Waals surface area contributed by atoms with Crippen LogP contribution in [-0.2, 0) is 4.79 Å². The minimum absolute atomic E-state index is 0. The van der Waals surface area contributed by atoms with E-state index in [2.05, 4.69) is 22.9 Å². The molecular formula is C15H21Cl2N3O2. The molecule has 1 aliphatic rings. The number of nitrogens with one attached hydrogen (secondary N) is 3. The van der Waals surface area contributed by atoms with Crippen LogP contribution in [0.25, 0.3) is 0 Å². The zero-order chi connectivity index (χ0) is 15.4. The van der Waals surface area contributed by atoms with Crippen molar-refractivity contribution in [2.45, 2.75) is 25.8 Å². The maximum Gasteiger partial charge on any atom is 0.253 e. The number of hydrogen-bond acceptors (Lipinski definition) is 3. The van der Waals surface area contributed by atoms with Crippen molar-refractivity contribution >= 4 is 41.5 Å². The third-order valence-corrected chi connectivity index (χ3v) is 3.94. The first-order valence-electron chi connectivity index (χ1n) is 7.07. The van der Waals surface area contributed by atoms with Gasteiger partial charge in [-0.15, -0.1) is 12.4 Å². The lowest BCUT2D eigenvalue weighted by Gasteiger charge is -2.27. The Morgan fingerprint density at radius 2 is 2.09 bits per heavy atom. The van der Waals surface area contributed by atoms with E-state index in [1.165, 1.54) is 0 Å². The molecule has 0 unspecified atom stereocenters. The Morgan fingerprint density at radius 1 is 1.36 bits per heavy atom. The normalized spacial score (nSPS) is 20.7. The fraction of sp³-hybridized carbons (Fsp3) is 0.467. The van der Waals surface area contributed by atoms with Crippen LogP contribution in [0.2, 0.25) is 5.02 Å². The summed E-state index contributed by atoms with van der Waals surface area (Å²) in [6, 6.07) is 5.21. The molecule has 0 bridgehead atoms. The minimum atomic E-state index is -0.272. The molecule has 2 amide bonds. The van der Waals surface area contributed by atoms with Gasteiger partial charge in [-0.2, -0.15) is 0 Å². The monoisotopic (exact) mass is 345 g/mol. The summed E-state index contributed by atoms with van der Waals surface area (Å²) in [5.74, 6) is -0.350. The Hall–Kier alpha value is -1.30. The van der Waals surface area contributed by atoms with Crippen molar-refractivity contribution in [3.63, 3.8) is 0 Å². The van der Waals surface area contributed by atoms with Gasteiger partial charge < -0.3 is 16.0 Å². The molecule has 1 heterocycles. The van der Waals surface area contributed by atoms with Crippen LogP contribution in [0.15, 0.2) is 18.2 Å². The lowest BCUT2D eigenvalue weighted by atomic mass is 9.92. The van der Waals surface area contributed by atoms with E-state index in [-0.39, 0.29) is 30.1 Å². The average Bonchev–Trinajstić information content (AvgIpc) is 2.48. The third-order valence-electron chi connectivity index (χ3n) is 3.71. The van der Waals surface area contributed by atoms with Gasteiger partial charge >= 0.3 is 0 Å². The maximum absolute atomic E-state index is 12.4. The molecule has 1 saturated heterocycles. The summed E-state index contributed by atoms with van der Waals surface area (Å²) >= 11 is 5.92. The second kappa shape index (κ2) is 8.36. The molecule has 0 aromatic heterocycles. The summed E-state index contributed by atoms with van der Waals surface area (Å²) in [6.07, 6.45) is 1.60. The predicted octanol–water partition coefficient (Wildman–Crippen LogP) is 2.45. The molecule has 1 aromatic rings. The van der Waals surface area contributed by atoms with Gasteiger partial charge in [-0.1, -0.05) is 11.6 Å². The number of halogens is 2. The molecule has 122 valence electrons. The Kier molecular flexibility index (Phi) is 7.13. The van der Waals surface area contributed by atoms with Crippen molar-refractivity contribution in [1.29, 1.82) is 0 Å². The predicted molar refractivity (Wildman–Crippen MR) is 90.9 cm³/mol. The zero-order valence-electron chi connectivity index (χ0n) is 12.6. The zero-order valence-corrected chi connectivity index (χ0v) is 14.2. The van der Waals surface area contributed by atoms with Gasteiger partial charge in [0.15, 0.2) is 0 Å². The van der Waals surface area contributed by atoms with Gasteiger partial charge in [-0.05, 0) is 44.5 Å². The van der Waals surface area contributed by atoms with Crippen molar-refractivity contribution in [2.24, 2.45) is 5.92 Å². The van der Waals surface area contributed by atoms with E-state index in [1.807, 2.05) is 0 Å².